The van der Waals surface area contributed by atoms with Crippen molar-refractivity contribution in [3.63, 3.8) is 0 Å². The number of carbonyl (C=O) groups excluding carboxylic acids is 1. The van der Waals surface area contributed by atoms with Gasteiger partial charge in [-0.1, -0.05) is 24.3 Å². The first kappa shape index (κ1) is 23.9. The molecule has 0 bridgehead atoms. The third-order valence-electron chi connectivity index (χ3n) is 4.64. The molecule has 10 nitrogen and oxygen atoms in total. The summed E-state index contributed by atoms with van der Waals surface area (Å²) in [6, 6.07) is 19.8. The van der Waals surface area contributed by atoms with E-state index in [0.717, 1.165) is 5.69 Å². The van der Waals surface area contributed by atoms with Crippen LogP contribution in [0.2, 0.25) is 0 Å². The molecule has 178 valence electrons. The van der Waals surface area contributed by atoms with Gasteiger partial charge in [-0.2, -0.15) is 0 Å². The number of sulfonamides is 1. The second-order valence-corrected chi connectivity index (χ2v) is 9.69. The van der Waals surface area contributed by atoms with Crippen molar-refractivity contribution in [1.29, 1.82) is 0 Å². The Hall–Kier alpha value is -4.29. The molecule has 0 saturated heterocycles. The van der Waals surface area contributed by atoms with Crippen molar-refractivity contribution in [3.8, 4) is 0 Å². The molecule has 0 aliphatic heterocycles. The first-order valence-electron chi connectivity index (χ1n) is 10.1. The molecule has 4 rings (SSSR count). The molecule has 35 heavy (non-hydrogen) atoms. The fourth-order valence-corrected chi connectivity index (χ4v) is 4.77. The fraction of sp³-hybridized carbons (Fsp3) is 0.0435. The first-order chi connectivity index (χ1) is 16.8. The lowest BCUT2D eigenvalue weighted by Crippen LogP contribution is -2.14. The van der Waals surface area contributed by atoms with Gasteiger partial charge in [-0.05, 0) is 42.5 Å². The molecule has 0 aliphatic carbocycles. The molecular formula is C23H18N4O6S2. The van der Waals surface area contributed by atoms with Gasteiger partial charge in [0.05, 0.1) is 21.1 Å². The van der Waals surface area contributed by atoms with Gasteiger partial charge in [-0.15, -0.1) is 11.3 Å². The Morgan fingerprint density at radius 3 is 2.46 bits per heavy atom. The van der Waals surface area contributed by atoms with Crippen LogP contribution >= 0.6 is 11.3 Å². The number of nitro benzene ring substituents is 1. The van der Waals surface area contributed by atoms with Crippen molar-refractivity contribution in [2.75, 3.05) is 10.0 Å². The Kier molecular flexibility index (Phi) is 7.03. The molecule has 1 aromatic heterocycles. The van der Waals surface area contributed by atoms with Gasteiger partial charge in [0.25, 0.3) is 15.7 Å². The summed E-state index contributed by atoms with van der Waals surface area (Å²) in [6.07, 6.45) is 0. The maximum atomic E-state index is 12.7. The number of non-ortho nitro benzene ring substituents is 1. The number of nitro groups is 1. The van der Waals surface area contributed by atoms with Crippen LogP contribution in [0.15, 0.2) is 89.1 Å². The van der Waals surface area contributed by atoms with E-state index in [4.69, 9.17) is 4.74 Å². The van der Waals surface area contributed by atoms with Gasteiger partial charge in [-0.25, -0.2) is 18.2 Å². The van der Waals surface area contributed by atoms with Gasteiger partial charge in [0.15, 0.2) is 5.13 Å². The molecule has 4 aromatic rings. The summed E-state index contributed by atoms with van der Waals surface area (Å²) in [5.74, 6) is -0.706. The molecule has 2 N–H and O–H groups in total. The number of ether oxygens (including phenoxy) is 1. The third kappa shape index (κ3) is 6.19. The number of nitrogens with one attached hydrogen (secondary N) is 2. The topological polar surface area (TPSA) is 141 Å². The maximum Gasteiger partial charge on any atom is 0.338 e. The second kappa shape index (κ2) is 10.3. The normalized spacial score (nSPS) is 11.0. The van der Waals surface area contributed by atoms with Crippen LogP contribution in [0.1, 0.15) is 16.1 Å². The van der Waals surface area contributed by atoms with Crippen LogP contribution in [-0.4, -0.2) is 24.3 Å². The van der Waals surface area contributed by atoms with Crippen LogP contribution in [0.4, 0.5) is 22.2 Å². The lowest BCUT2D eigenvalue weighted by atomic mass is 10.2. The summed E-state index contributed by atoms with van der Waals surface area (Å²) in [4.78, 5) is 26.9. The molecule has 0 amide bonds. The standard InChI is InChI=1S/C23H18N4O6S2/c28-22(33-14-19-15-34-23(25-19)24-17-6-2-1-3-7-17)16-5-4-8-21(13-16)35(31,32)26-18-9-11-20(12-10-18)27(29)30/h1-13,15,26H,14H2,(H,24,25). The lowest BCUT2D eigenvalue weighted by Gasteiger charge is -2.09. The Bertz CT molecular complexity index is 1450. The quantitative estimate of drug-likeness (QED) is 0.183. The predicted molar refractivity (Wildman–Crippen MR) is 131 cm³/mol. The van der Waals surface area contributed by atoms with E-state index in [2.05, 4.69) is 15.0 Å². The molecule has 0 atom stereocenters. The summed E-state index contributed by atoms with van der Waals surface area (Å²) in [5.41, 5.74) is 1.46. The molecule has 0 saturated carbocycles. The van der Waals surface area contributed by atoms with Crippen molar-refractivity contribution in [2.45, 2.75) is 11.5 Å². The zero-order valence-electron chi connectivity index (χ0n) is 18.0. The Labute approximate surface area is 204 Å². The highest BCUT2D eigenvalue weighted by atomic mass is 32.2. The van der Waals surface area contributed by atoms with Crippen molar-refractivity contribution < 1.29 is 22.9 Å². The van der Waals surface area contributed by atoms with E-state index in [0.29, 0.717) is 10.8 Å². The van der Waals surface area contributed by atoms with Gasteiger partial charge < -0.3 is 10.1 Å². The largest absolute Gasteiger partial charge is 0.456 e. The Balaban J connectivity index is 1.39. The number of aromatic nitrogens is 1. The molecule has 0 aliphatic rings. The van der Waals surface area contributed by atoms with Crippen molar-refractivity contribution >= 4 is 49.5 Å². The molecule has 0 unspecified atom stereocenters. The minimum absolute atomic E-state index is 0.0504. The summed E-state index contributed by atoms with van der Waals surface area (Å²) in [7, 11) is -4.04. The van der Waals surface area contributed by atoms with Crippen LogP contribution in [-0.2, 0) is 21.4 Å². The van der Waals surface area contributed by atoms with Crippen LogP contribution in [0.25, 0.3) is 0 Å². The van der Waals surface area contributed by atoms with Crippen LogP contribution in [0.3, 0.4) is 0 Å². The molecule has 0 radical (unpaired) electrons. The maximum absolute atomic E-state index is 12.7. The second-order valence-electron chi connectivity index (χ2n) is 7.15. The zero-order valence-corrected chi connectivity index (χ0v) is 19.6. The van der Waals surface area contributed by atoms with Gasteiger partial charge >= 0.3 is 5.97 Å². The number of hydrogen-bond donors (Lipinski definition) is 2. The molecule has 0 fully saturated rings. The molecule has 0 spiro atoms. The average Bonchev–Trinajstić information content (AvgIpc) is 3.30. The first-order valence-corrected chi connectivity index (χ1v) is 12.5. The van der Waals surface area contributed by atoms with Crippen molar-refractivity contribution in [3.05, 3.63) is 106 Å². The van der Waals surface area contributed by atoms with E-state index in [1.54, 1.807) is 5.38 Å². The number of hydrogen-bond acceptors (Lipinski definition) is 9. The number of rotatable bonds is 9. The summed E-state index contributed by atoms with van der Waals surface area (Å²) in [5, 5.41) is 16.3. The smallest absolute Gasteiger partial charge is 0.338 e. The molecule has 1 heterocycles. The number of esters is 1. The minimum atomic E-state index is -4.04. The fourth-order valence-electron chi connectivity index (χ4n) is 2.95. The van der Waals surface area contributed by atoms with E-state index in [-0.39, 0.29) is 28.4 Å². The average molecular weight is 511 g/mol. The van der Waals surface area contributed by atoms with Gasteiger partial charge in [0.1, 0.15) is 6.61 Å². The lowest BCUT2D eigenvalue weighted by molar-refractivity contribution is -0.384. The number of anilines is 3. The number of nitrogens with zero attached hydrogens (tertiary/aromatic N) is 2. The van der Waals surface area contributed by atoms with Gasteiger partial charge in [0, 0.05) is 28.9 Å². The number of carbonyl (C=O) groups is 1. The Morgan fingerprint density at radius 2 is 1.74 bits per heavy atom. The van der Waals surface area contributed by atoms with E-state index in [9.17, 15) is 23.3 Å². The molecule has 12 heteroatoms. The number of benzene rings is 3. The van der Waals surface area contributed by atoms with E-state index in [1.165, 1.54) is 59.9 Å². The summed E-state index contributed by atoms with van der Waals surface area (Å²) >= 11 is 1.36. The zero-order chi connectivity index (χ0) is 24.8. The van der Waals surface area contributed by atoms with Crippen LogP contribution < -0.4 is 10.0 Å². The van der Waals surface area contributed by atoms with Crippen LogP contribution in [0, 0.1) is 10.1 Å². The van der Waals surface area contributed by atoms with Crippen molar-refractivity contribution in [2.24, 2.45) is 0 Å². The predicted octanol–water partition coefficient (Wildman–Crippen LogP) is 4.95. The number of para-hydroxylation sites is 1. The summed E-state index contributed by atoms with van der Waals surface area (Å²) in [6.45, 7) is -0.0795. The third-order valence-corrected chi connectivity index (χ3v) is 6.82. The van der Waals surface area contributed by atoms with Gasteiger partial charge in [0.2, 0.25) is 0 Å². The van der Waals surface area contributed by atoms with E-state index in [1.807, 2.05) is 30.3 Å². The molecular weight excluding hydrogens is 492 g/mol. The van der Waals surface area contributed by atoms with E-state index >= 15 is 0 Å². The highest BCUT2D eigenvalue weighted by molar-refractivity contribution is 7.92. The summed E-state index contributed by atoms with van der Waals surface area (Å²) < 4.78 is 33.1. The monoisotopic (exact) mass is 510 g/mol. The highest BCUT2D eigenvalue weighted by Gasteiger charge is 2.18. The number of thiazole rings is 1. The highest BCUT2D eigenvalue weighted by Crippen LogP contribution is 2.22. The van der Waals surface area contributed by atoms with E-state index < -0.39 is 20.9 Å². The minimum Gasteiger partial charge on any atom is -0.456 e. The SMILES string of the molecule is O=C(OCc1csc(Nc2ccccc2)n1)c1cccc(S(=O)(=O)Nc2ccc([N+](=O)[O-])cc2)c1. The molecule has 3 aromatic carbocycles. The van der Waals surface area contributed by atoms with Crippen molar-refractivity contribution in [1.82, 2.24) is 4.98 Å². The Morgan fingerprint density at radius 1 is 1.00 bits per heavy atom. The van der Waals surface area contributed by atoms with Gasteiger partial charge in [-0.3, -0.25) is 14.8 Å². The van der Waals surface area contributed by atoms with Crippen LogP contribution in [0.5, 0.6) is 0 Å².